The molecule has 3 rings (SSSR count). The molecule has 0 aliphatic rings. The minimum Gasteiger partial charge on any atom is -0.251 e. The summed E-state index contributed by atoms with van der Waals surface area (Å²) in [5.74, 6) is -0.0550. The van der Waals surface area contributed by atoms with Crippen molar-refractivity contribution in [1.29, 1.82) is 0 Å². The van der Waals surface area contributed by atoms with Crippen LogP contribution in [0.4, 0.5) is 0 Å². The Kier molecular flexibility index (Phi) is 4.52. The first-order chi connectivity index (χ1) is 12.1. The molecular weight excluding hydrogens is 372 g/mol. The summed E-state index contributed by atoms with van der Waals surface area (Å²) in [6.07, 6.45) is 0. The average molecular weight is 393 g/mol. The second-order valence-electron chi connectivity index (χ2n) is 6.19. The minimum atomic E-state index is -3.46. The van der Waals surface area contributed by atoms with Crippen LogP contribution in [0.3, 0.4) is 0 Å². The molecule has 138 valence electrons. The SMILES string of the molecule is CCS(=O)(=O)c1cc(C)nc2c1ccc1c(S(=O)(=O)CC)cc(C)nc12. The van der Waals surface area contributed by atoms with Crippen LogP contribution in [-0.2, 0) is 19.7 Å². The maximum absolute atomic E-state index is 12.5. The molecule has 0 spiro atoms. The lowest BCUT2D eigenvalue weighted by atomic mass is 10.1. The summed E-state index contributed by atoms with van der Waals surface area (Å²) in [6.45, 7) is 6.61. The Labute approximate surface area is 153 Å². The Morgan fingerprint density at radius 3 is 1.38 bits per heavy atom. The summed E-state index contributed by atoms with van der Waals surface area (Å²) in [4.78, 5) is 9.36. The van der Waals surface area contributed by atoms with Crippen LogP contribution in [0.2, 0.25) is 0 Å². The van der Waals surface area contributed by atoms with E-state index in [9.17, 15) is 16.8 Å². The quantitative estimate of drug-likeness (QED) is 0.634. The van der Waals surface area contributed by atoms with Crippen LogP contribution < -0.4 is 0 Å². The van der Waals surface area contributed by atoms with Gasteiger partial charge in [0.1, 0.15) is 0 Å². The molecule has 0 fully saturated rings. The highest BCUT2D eigenvalue weighted by atomic mass is 32.2. The maximum atomic E-state index is 12.5. The molecule has 0 saturated carbocycles. The van der Waals surface area contributed by atoms with E-state index in [-0.39, 0.29) is 21.3 Å². The number of aryl methyl sites for hydroxylation is 2. The molecule has 0 atom stereocenters. The van der Waals surface area contributed by atoms with Crippen LogP contribution in [-0.4, -0.2) is 38.3 Å². The molecule has 0 aliphatic heterocycles. The Hall–Kier alpha value is -2.06. The Bertz CT molecular complexity index is 1150. The number of benzene rings is 1. The third-order valence-electron chi connectivity index (χ3n) is 4.37. The fraction of sp³-hybridized carbons (Fsp3) is 0.333. The predicted molar refractivity (Wildman–Crippen MR) is 102 cm³/mol. The van der Waals surface area contributed by atoms with Crippen molar-refractivity contribution < 1.29 is 16.8 Å². The van der Waals surface area contributed by atoms with E-state index >= 15 is 0 Å². The van der Waals surface area contributed by atoms with Gasteiger partial charge < -0.3 is 0 Å². The molecule has 8 heteroatoms. The number of rotatable bonds is 4. The van der Waals surface area contributed by atoms with Gasteiger partial charge in [-0.1, -0.05) is 26.0 Å². The van der Waals surface area contributed by atoms with Crippen LogP contribution in [0.25, 0.3) is 21.8 Å². The average Bonchev–Trinajstić information content (AvgIpc) is 2.60. The fourth-order valence-electron chi connectivity index (χ4n) is 2.98. The first-order valence-electron chi connectivity index (χ1n) is 8.28. The van der Waals surface area contributed by atoms with Crippen molar-refractivity contribution in [1.82, 2.24) is 9.97 Å². The van der Waals surface area contributed by atoms with Gasteiger partial charge >= 0.3 is 0 Å². The highest BCUT2D eigenvalue weighted by Gasteiger charge is 2.22. The molecule has 1 aromatic carbocycles. The van der Waals surface area contributed by atoms with Crippen molar-refractivity contribution in [3.8, 4) is 0 Å². The topological polar surface area (TPSA) is 94.1 Å². The third-order valence-corrected chi connectivity index (χ3v) is 7.90. The van der Waals surface area contributed by atoms with E-state index in [2.05, 4.69) is 9.97 Å². The van der Waals surface area contributed by atoms with E-state index in [1.165, 1.54) is 0 Å². The van der Waals surface area contributed by atoms with E-state index in [0.717, 1.165) is 0 Å². The molecule has 2 aromatic heterocycles. The van der Waals surface area contributed by atoms with E-state index in [0.29, 0.717) is 33.2 Å². The lowest BCUT2D eigenvalue weighted by Gasteiger charge is -2.12. The second kappa shape index (κ2) is 6.28. The van der Waals surface area contributed by atoms with Gasteiger partial charge in [-0.15, -0.1) is 0 Å². The molecule has 0 radical (unpaired) electrons. The van der Waals surface area contributed by atoms with Crippen LogP contribution >= 0.6 is 0 Å². The lowest BCUT2D eigenvalue weighted by molar-refractivity contribution is 0.596. The molecule has 0 aliphatic carbocycles. The number of sulfone groups is 2. The van der Waals surface area contributed by atoms with Gasteiger partial charge in [0.05, 0.1) is 32.3 Å². The molecular formula is C18H20N2O4S2. The normalized spacial score (nSPS) is 12.8. The summed E-state index contributed by atoms with van der Waals surface area (Å²) in [5.41, 5.74) is 1.90. The number of fused-ring (bicyclic) bond motifs is 3. The van der Waals surface area contributed by atoms with Crippen molar-refractivity contribution in [2.75, 3.05) is 11.5 Å². The molecule has 3 aromatic rings. The van der Waals surface area contributed by atoms with Crippen molar-refractivity contribution >= 4 is 41.5 Å². The molecule has 0 N–H and O–H groups in total. The highest BCUT2D eigenvalue weighted by molar-refractivity contribution is 7.92. The van der Waals surface area contributed by atoms with Crippen LogP contribution in [0.15, 0.2) is 34.1 Å². The first-order valence-corrected chi connectivity index (χ1v) is 11.6. The van der Waals surface area contributed by atoms with Gasteiger partial charge in [0.25, 0.3) is 0 Å². The Balaban J connectivity index is 2.57. The standard InChI is InChI=1S/C18H20N2O4S2/c1-5-25(21,22)15-9-11(3)19-17-13(15)7-8-14-16(26(23,24)6-2)10-12(4)20-18(14)17/h7-10H,5-6H2,1-4H3. The highest BCUT2D eigenvalue weighted by Crippen LogP contribution is 2.32. The van der Waals surface area contributed by atoms with Crippen LogP contribution in [0.5, 0.6) is 0 Å². The summed E-state index contributed by atoms with van der Waals surface area (Å²) in [5, 5.41) is 0.922. The van der Waals surface area contributed by atoms with Gasteiger partial charge in [-0.2, -0.15) is 0 Å². The van der Waals surface area contributed by atoms with Crippen LogP contribution in [0, 0.1) is 13.8 Å². The summed E-state index contributed by atoms with van der Waals surface area (Å²) in [6, 6.07) is 6.34. The van der Waals surface area contributed by atoms with Gasteiger partial charge in [0.2, 0.25) is 0 Å². The fourth-order valence-corrected chi connectivity index (χ4v) is 5.30. The molecule has 0 amide bonds. The Morgan fingerprint density at radius 1 is 0.731 bits per heavy atom. The number of nitrogens with zero attached hydrogens (tertiary/aromatic N) is 2. The zero-order valence-electron chi connectivity index (χ0n) is 15.1. The number of aromatic nitrogens is 2. The molecule has 0 unspecified atom stereocenters. The van der Waals surface area contributed by atoms with Gasteiger partial charge in [-0.05, 0) is 26.0 Å². The van der Waals surface area contributed by atoms with Crippen LogP contribution in [0.1, 0.15) is 25.2 Å². The smallest absolute Gasteiger partial charge is 0.178 e. The van der Waals surface area contributed by atoms with E-state index in [4.69, 9.17) is 0 Å². The first kappa shape index (κ1) is 18.7. The molecule has 6 nitrogen and oxygen atoms in total. The van der Waals surface area contributed by atoms with E-state index < -0.39 is 19.7 Å². The van der Waals surface area contributed by atoms with Crippen molar-refractivity contribution in [2.24, 2.45) is 0 Å². The van der Waals surface area contributed by atoms with E-state index in [1.807, 2.05) is 0 Å². The molecule has 0 saturated heterocycles. The van der Waals surface area contributed by atoms with E-state index in [1.54, 1.807) is 52.0 Å². The van der Waals surface area contributed by atoms with Gasteiger partial charge in [0.15, 0.2) is 19.7 Å². The van der Waals surface area contributed by atoms with Gasteiger partial charge in [-0.3, -0.25) is 9.97 Å². The number of pyridine rings is 2. The zero-order chi connectivity index (χ0) is 19.3. The third kappa shape index (κ3) is 2.97. The van der Waals surface area contributed by atoms with Crippen molar-refractivity contribution in [2.45, 2.75) is 37.5 Å². The summed E-state index contributed by atoms with van der Waals surface area (Å²) in [7, 11) is -6.91. The van der Waals surface area contributed by atoms with Gasteiger partial charge in [0, 0.05) is 22.2 Å². The number of hydrogen-bond acceptors (Lipinski definition) is 6. The Morgan fingerprint density at radius 2 is 1.08 bits per heavy atom. The summed E-state index contributed by atoms with van der Waals surface area (Å²) >= 11 is 0. The minimum absolute atomic E-state index is 0.0275. The number of hydrogen-bond donors (Lipinski definition) is 0. The van der Waals surface area contributed by atoms with Crippen molar-refractivity contribution in [3.05, 3.63) is 35.7 Å². The molecule has 0 bridgehead atoms. The maximum Gasteiger partial charge on any atom is 0.178 e. The molecule has 26 heavy (non-hydrogen) atoms. The molecule has 2 heterocycles. The lowest BCUT2D eigenvalue weighted by Crippen LogP contribution is -2.08. The second-order valence-corrected chi connectivity index (χ2v) is 10.7. The zero-order valence-corrected chi connectivity index (χ0v) is 16.7. The monoisotopic (exact) mass is 392 g/mol. The summed E-state index contributed by atoms with van der Waals surface area (Å²) < 4.78 is 50.0. The largest absolute Gasteiger partial charge is 0.251 e. The van der Waals surface area contributed by atoms with Crippen molar-refractivity contribution in [3.63, 3.8) is 0 Å². The predicted octanol–water partition coefficient (Wildman–Crippen LogP) is 2.99. The van der Waals surface area contributed by atoms with Gasteiger partial charge in [-0.25, -0.2) is 16.8 Å².